The van der Waals surface area contributed by atoms with Gasteiger partial charge in [-0.1, -0.05) is 42.5 Å². The van der Waals surface area contributed by atoms with E-state index in [4.69, 9.17) is 4.74 Å². The summed E-state index contributed by atoms with van der Waals surface area (Å²) in [5, 5.41) is 0. The van der Waals surface area contributed by atoms with Crippen molar-refractivity contribution < 1.29 is 9.53 Å². The second-order valence-electron chi connectivity index (χ2n) is 4.10. The molecule has 0 amide bonds. The monoisotopic (exact) mass is 252 g/mol. The van der Waals surface area contributed by atoms with E-state index in [0.29, 0.717) is 17.7 Å². The Hall–Kier alpha value is -2.35. The van der Waals surface area contributed by atoms with Crippen molar-refractivity contribution in [1.29, 1.82) is 0 Å². The highest BCUT2D eigenvalue weighted by Gasteiger charge is 2.07. The van der Waals surface area contributed by atoms with Gasteiger partial charge < -0.3 is 4.74 Å². The Morgan fingerprint density at radius 2 is 1.63 bits per heavy atom. The van der Waals surface area contributed by atoms with Crippen LogP contribution < -0.4 is 4.74 Å². The van der Waals surface area contributed by atoms with E-state index >= 15 is 0 Å². The first kappa shape index (κ1) is 13.1. The van der Waals surface area contributed by atoms with Crippen LogP contribution in [0.1, 0.15) is 22.8 Å². The van der Waals surface area contributed by atoms with E-state index in [-0.39, 0.29) is 5.78 Å². The zero-order valence-corrected chi connectivity index (χ0v) is 10.9. The van der Waals surface area contributed by atoms with Crippen LogP contribution in [-0.4, -0.2) is 12.4 Å². The van der Waals surface area contributed by atoms with Gasteiger partial charge in [-0.3, -0.25) is 4.79 Å². The van der Waals surface area contributed by atoms with Gasteiger partial charge in [0.25, 0.3) is 0 Å². The molecule has 0 aromatic heterocycles. The molecule has 2 heteroatoms. The molecule has 0 aliphatic heterocycles. The molecule has 0 saturated heterocycles. The number of benzene rings is 2. The molecule has 0 unspecified atom stereocenters. The van der Waals surface area contributed by atoms with Crippen LogP contribution in [0.3, 0.4) is 0 Å². The van der Waals surface area contributed by atoms with Gasteiger partial charge in [-0.2, -0.15) is 0 Å². The fourth-order valence-electron chi connectivity index (χ4n) is 1.70. The molecule has 0 saturated carbocycles. The van der Waals surface area contributed by atoms with Crippen molar-refractivity contribution >= 4 is 5.78 Å². The zero-order chi connectivity index (χ0) is 13.5. The Morgan fingerprint density at radius 1 is 1.00 bits per heavy atom. The SMILES string of the molecule is C/C=C/COc1ccc(C(=O)c2ccccc2)cc1. The van der Waals surface area contributed by atoms with Crippen molar-refractivity contribution in [3.63, 3.8) is 0 Å². The molecule has 0 bridgehead atoms. The summed E-state index contributed by atoms with van der Waals surface area (Å²) >= 11 is 0. The molecular formula is C17H16O2. The standard InChI is InChI=1S/C17H16O2/c1-2-3-13-19-16-11-9-15(10-12-16)17(18)14-7-5-4-6-8-14/h2-12H,13H2,1H3/b3-2+. The van der Waals surface area contributed by atoms with Gasteiger partial charge in [0.15, 0.2) is 5.78 Å². The van der Waals surface area contributed by atoms with Gasteiger partial charge in [-0.15, -0.1) is 0 Å². The zero-order valence-electron chi connectivity index (χ0n) is 10.9. The molecule has 2 aromatic rings. The maximum Gasteiger partial charge on any atom is 0.193 e. The van der Waals surface area contributed by atoms with Crippen LogP contribution >= 0.6 is 0 Å². The molecular weight excluding hydrogens is 236 g/mol. The predicted molar refractivity (Wildman–Crippen MR) is 76.6 cm³/mol. The molecule has 2 rings (SSSR count). The maximum absolute atomic E-state index is 12.2. The van der Waals surface area contributed by atoms with Gasteiger partial charge in [0.2, 0.25) is 0 Å². The van der Waals surface area contributed by atoms with Crippen molar-refractivity contribution in [3.05, 3.63) is 77.9 Å². The third kappa shape index (κ3) is 3.55. The minimum Gasteiger partial charge on any atom is -0.490 e. The number of rotatable bonds is 5. The summed E-state index contributed by atoms with van der Waals surface area (Å²) in [5.41, 5.74) is 1.37. The highest BCUT2D eigenvalue weighted by molar-refractivity contribution is 6.08. The molecule has 96 valence electrons. The van der Waals surface area contributed by atoms with Crippen LogP contribution in [0.5, 0.6) is 5.75 Å². The quantitative estimate of drug-likeness (QED) is 0.596. The van der Waals surface area contributed by atoms with Crippen LogP contribution in [0, 0.1) is 0 Å². The van der Waals surface area contributed by atoms with Crippen molar-refractivity contribution in [2.75, 3.05) is 6.61 Å². The van der Waals surface area contributed by atoms with Gasteiger partial charge in [0.05, 0.1) is 0 Å². The summed E-state index contributed by atoms with van der Waals surface area (Å²) in [6, 6.07) is 16.5. The van der Waals surface area contributed by atoms with E-state index < -0.39 is 0 Å². The normalized spacial score (nSPS) is 10.6. The van der Waals surface area contributed by atoms with Crippen molar-refractivity contribution in [1.82, 2.24) is 0 Å². The van der Waals surface area contributed by atoms with Crippen molar-refractivity contribution in [3.8, 4) is 5.75 Å². The molecule has 2 nitrogen and oxygen atoms in total. The van der Waals surface area contributed by atoms with E-state index in [1.54, 1.807) is 12.1 Å². The van der Waals surface area contributed by atoms with Gasteiger partial charge in [0.1, 0.15) is 12.4 Å². The predicted octanol–water partition coefficient (Wildman–Crippen LogP) is 3.87. The third-order valence-electron chi connectivity index (χ3n) is 2.73. The Balaban J connectivity index is 2.08. The van der Waals surface area contributed by atoms with Crippen LogP contribution in [0.4, 0.5) is 0 Å². The molecule has 0 heterocycles. The summed E-state index contributed by atoms with van der Waals surface area (Å²) in [5.74, 6) is 0.795. The maximum atomic E-state index is 12.2. The Bertz CT molecular complexity index is 554. The molecule has 0 N–H and O–H groups in total. The first-order valence-electron chi connectivity index (χ1n) is 6.25. The number of ketones is 1. The highest BCUT2D eigenvalue weighted by Crippen LogP contribution is 2.15. The van der Waals surface area contributed by atoms with Gasteiger partial charge in [-0.25, -0.2) is 0 Å². The summed E-state index contributed by atoms with van der Waals surface area (Å²) in [6.07, 6.45) is 3.87. The van der Waals surface area contributed by atoms with Crippen LogP contribution in [0.2, 0.25) is 0 Å². The Morgan fingerprint density at radius 3 is 2.26 bits per heavy atom. The second kappa shape index (κ2) is 6.55. The van der Waals surface area contributed by atoms with E-state index in [1.807, 2.05) is 61.5 Å². The first-order valence-corrected chi connectivity index (χ1v) is 6.25. The Labute approximate surface area is 113 Å². The summed E-state index contributed by atoms with van der Waals surface area (Å²) < 4.78 is 5.49. The average molecular weight is 252 g/mol. The minimum atomic E-state index is 0.0283. The van der Waals surface area contributed by atoms with Gasteiger partial charge in [-0.05, 0) is 31.2 Å². The van der Waals surface area contributed by atoms with Crippen molar-refractivity contribution in [2.45, 2.75) is 6.92 Å². The smallest absolute Gasteiger partial charge is 0.193 e. The minimum absolute atomic E-state index is 0.0283. The summed E-state index contributed by atoms with van der Waals surface area (Å²) in [4.78, 5) is 12.2. The number of carbonyl (C=O) groups is 1. The second-order valence-corrected chi connectivity index (χ2v) is 4.10. The van der Waals surface area contributed by atoms with E-state index in [9.17, 15) is 4.79 Å². The van der Waals surface area contributed by atoms with E-state index in [2.05, 4.69) is 0 Å². The largest absolute Gasteiger partial charge is 0.490 e. The molecule has 0 spiro atoms. The lowest BCUT2D eigenvalue weighted by atomic mass is 10.0. The van der Waals surface area contributed by atoms with E-state index in [0.717, 1.165) is 5.75 Å². The number of hydrogen-bond donors (Lipinski definition) is 0. The summed E-state index contributed by atoms with van der Waals surface area (Å²) in [6.45, 7) is 2.49. The number of hydrogen-bond acceptors (Lipinski definition) is 2. The highest BCUT2D eigenvalue weighted by atomic mass is 16.5. The van der Waals surface area contributed by atoms with Crippen LogP contribution in [-0.2, 0) is 0 Å². The number of allylic oxidation sites excluding steroid dienone is 1. The molecule has 2 aromatic carbocycles. The molecule has 0 aliphatic carbocycles. The average Bonchev–Trinajstić information content (AvgIpc) is 2.48. The molecule has 19 heavy (non-hydrogen) atoms. The van der Waals surface area contributed by atoms with Crippen LogP contribution in [0.15, 0.2) is 66.7 Å². The molecule has 0 atom stereocenters. The van der Waals surface area contributed by atoms with Gasteiger partial charge >= 0.3 is 0 Å². The number of carbonyl (C=O) groups excluding carboxylic acids is 1. The molecule has 0 fully saturated rings. The van der Waals surface area contributed by atoms with Crippen molar-refractivity contribution in [2.24, 2.45) is 0 Å². The topological polar surface area (TPSA) is 26.3 Å². The fourth-order valence-corrected chi connectivity index (χ4v) is 1.70. The van der Waals surface area contributed by atoms with Gasteiger partial charge in [0, 0.05) is 11.1 Å². The molecule has 0 radical (unpaired) electrons. The summed E-state index contributed by atoms with van der Waals surface area (Å²) in [7, 11) is 0. The third-order valence-corrected chi connectivity index (χ3v) is 2.73. The lowest BCUT2D eigenvalue weighted by molar-refractivity contribution is 0.103. The molecule has 0 aliphatic rings. The number of ether oxygens (including phenoxy) is 1. The van der Waals surface area contributed by atoms with E-state index in [1.165, 1.54) is 0 Å². The fraction of sp³-hybridized carbons (Fsp3) is 0.118. The Kier molecular flexibility index (Phi) is 4.51. The lowest BCUT2D eigenvalue weighted by Crippen LogP contribution is -2.01. The first-order chi connectivity index (χ1) is 9.31. The van der Waals surface area contributed by atoms with Crippen LogP contribution in [0.25, 0.3) is 0 Å². The lowest BCUT2D eigenvalue weighted by Gasteiger charge is -2.05.